The summed E-state index contributed by atoms with van der Waals surface area (Å²) >= 11 is 0. The van der Waals surface area contributed by atoms with Gasteiger partial charge >= 0.3 is 0 Å². The van der Waals surface area contributed by atoms with Crippen LogP contribution in [0.3, 0.4) is 0 Å². The molecule has 1 fully saturated rings. The van der Waals surface area contributed by atoms with Crippen LogP contribution in [-0.2, 0) is 4.79 Å². The molecule has 0 aromatic carbocycles. The van der Waals surface area contributed by atoms with E-state index in [0.717, 1.165) is 24.0 Å². The first kappa shape index (κ1) is 12.5. The van der Waals surface area contributed by atoms with Gasteiger partial charge in [0.2, 0.25) is 0 Å². The summed E-state index contributed by atoms with van der Waals surface area (Å²) in [6.45, 7) is 8.72. The van der Waals surface area contributed by atoms with Crippen molar-refractivity contribution in [1.82, 2.24) is 5.32 Å². The normalized spacial score (nSPS) is 29.3. The number of nitrogens with zero attached hydrogens (tertiary/aromatic N) is 1. The van der Waals surface area contributed by atoms with Crippen molar-refractivity contribution in [3.63, 3.8) is 0 Å². The molecule has 15 heavy (non-hydrogen) atoms. The number of likely N-dealkylation sites (N-methyl/N-ethyl adjacent to an activating group) is 2. The van der Waals surface area contributed by atoms with Crippen LogP contribution in [0.1, 0.15) is 39.5 Å². The second-order valence-electron chi connectivity index (χ2n) is 4.46. The van der Waals surface area contributed by atoms with E-state index in [-0.39, 0.29) is 11.9 Å². The molecule has 2 unspecified atom stereocenters. The number of hydrogen-bond acceptors (Lipinski definition) is 1. The highest BCUT2D eigenvalue weighted by atomic mass is 16.2. The average Bonchev–Trinajstić information content (AvgIpc) is 2.53. The third kappa shape index (κ3) is 2.71. The van der Waals surface area contributed by atoms with Crippen LogP contribution in [0, 0.1) is 6.54 Å². The molecule has 2 atom stereocenters. The van der Waals surface area contributed by atoms with Gasteiger partial charge in [0, 0.05) is 7.05 Å². The summed E-state index contributed by atoms with van der Waals surface area (Å²) in [5.74, 6) is 0.162. The van der Waals surface area contributed by atoms with Crippen LogP contribution in [0.4, 0.5) is 0 Å². The maximum atomic E-state index is 11.7. The lowest BCUT2D eigenvalue weighted by molar-refractivity contribution is -0.911. The van der Waals surface area contributed by atoms with Crippen LogP contribution >= 0.6 is 0 Å². The predicted molar refractivity (Wildman–Crippen MR) is 62.0 cm³/mol. The summed E-state index contributed by atoms with van der Waals surface area (Å²) in [6.07, 6.45) is 4.97. The van der Waals surface area contributed by atoms with Crippen molar-refractivity contribution in [2.75, 3.05) is 20.1 Å². The number of carbonyl (C=O) groups excluding carboxylic acids is 1. The fraction of sp³-hybridized carbons (Fsp3) is 0.833. The molecule has 3 heteroatoms. The maximum Gasteiger partial charge on any atom is 0.275 e. The number of quaternary nitrogens is 1. The first-order valence-corrected chi connectivity index (χ1v) is 6.08. The fourth-order valence-electron chi connectivity index (χ4n) is 2.52. The van der Waals surface area contributed by atoms with Crippen LogP contribution < -0.4 is 5.32 Å². The minimum atomic E-state index is 0.0538. The maximum absolute atomic E-state index is 11.7. The predicted octanol–water partition coefficient (Wildman–Crippen LogP) is 1.69. The van der Waals surface area contributed by atoms with Crippen molar-refractivity contribution < 1.29 is 9.28 Å². The van der Waals surface area contributed by atoms with E-state index in [9.17, 15) is 4.79 Å². The molecule has 1 heterocycles. The smallest absolute Gasteiger partial charge is 0.275 e. The highest BCUT2D eigenvalue weighted by Gasteiger charge is 2.30. The Morgan fingerprint density at radius 3 is 2.80 bits per heavy atom. The average molecular weight is 212 g/mol. The SMILES string of the molecule is CC[N+]1(C(C)C(=O)NC)[CH-]CCCCC1. The van der Waals surface area contributed by atoms with Gasteiger partial charge in [-0.2, -0.15) is 0 Å². The van der Waals surface area contributed by atoms with Crippen molar-refractivity contribution in [3.8, 4) is 0 Å². The Kier molecular flexibility index (Phi) is 4.58. The lowest BCUT2D eigenvalue weighted by Gasteiger charge is -2.50. The summed E-state index contributed by atoms with van der Waals surface area (Å²) in [7, 11) is 1.73. The topological polar surface area (TPSA) is 29.1 Å². The molecule has 1 aliphatic rings. The van der Waals surface area contributed by atoms with Gasteiger partial charge in [-0.25, -0.2) is 0 Å². The van der Waals surface area contributed by atoms with Crippen LogP contribution in [0.15, 0.2) is 0 Å². The first-order valence-electron chi connectivity index (χ1n) is 6.08. The van der Waals surface area contributed by atoms with E-state index in [4.69, 9.17) is 0 Å². The Morgan fingerprint density at radius 2 is 2.20 bits per heavy atom. The molecule has 1 saturated heterocycles. The van der Waals surface area contributed by atoms with Gasteiger partial charge in [-0.15, -0.1) is 13.0 Å². The second kappa shape index (κ2) is 5.50. The van der Waals surface area contributed by atoms with E-state index in [1.54, 1.807) is 7.05 Å². The van der Waals surface area contributed by atoms with Gasteiger partial charge in [0.1, 0.15) is 6.04 Å². The van der Waals surface area contributed by atoms with E-state index in [0.29, 0.717) is 0 Å². The van der Waals surface area contributed by atoms with E-state index in [1.807, 2.05) is 6.92 Å². The van der Waals surface area contributed by atoms with Gasteiger partial charge in [0.05, 0.1) is 13.1 Å². The summed E-state index contributed by atoms with van der Waals surface area (Å²) < 4.78 is 0.861. The lowest BCUT2D eigenvalue weighted by atomic mass is 10.1. The fourth-order valence-corrected chi connectivity index (χ4v) is 2.52. The van der Waals surface area contributed by atoms with E-state index in [2.05, 4.69) is 18.8 Å². The Morgan fingerprint density at radius 1 is 1.47 bits per heavy atom. The first-order chi connectivity index (χ1) is 7.16. The molecule has 0 aromatic heterocycles. The lowest BCUT2D eigenvalue weighted by Crippen LogP contribution is -2.57. The molecule has 3 nitrogen and oxygen atoms in total. The van der Waals surface area contributed by atoms with Crippen molar-refractivity contribution in [2.45, 2.75) is 45.6 Å². The third-order valence-corrected chi connectivity index (χ3v) is 3.76. The molecule has 0 aromatic rings. The van der Waals surface area contributed by atoms with Crippen LogP contribution in [0.5, 0.6) is 0 Å². The molecule has 88 valence electrons. The van der Waals surface area contributed by atoms with Crippen molar-refractivity contribution in [2.24, 2.45) is 0 Å². The number of carbonyl (C=O) groups is 1. The Hall–Kier alpha value is -0.570. The molecule has 0 spiro atoms. The quantitative estimate of drug-likeness (QED) is 0.560. The zero-order valence-electron chi connectivity index (χ0n) is 10.3. The summed E-state index contributed by atoms with van der Waals surface area (Å²) in [5.41, 5.74) is 0. The second-order valence-corrected chi connectivity index (χ2v) is 4.46. The van der Waals surface area contributed by atoms with Crippen LogP contribution in [-0.4, -0.2) is 36.6 Å². The van der Waals surface area contributed by atoms with Gasteiger partial charge in [0.25, 0.3) is 5.91 Å². The molecule has 1 N–H and O–H groups in total. The molecule has 0 saturated carbocycles. The van der Waals surface area contributed by atoms with Gasteiger partial charge in [0.15, 0.2) is 0 Å². The van der Waals surface area contributed by atoms with Crippen molar-refractivity contribution in [1.29, 1.82) is 0 Å². The molecule has 0 aliphatic carbocycles. The number of amides is 1. The number of hydrogen-bond donors (Lipinski definition) is 1. The highest BCUT2D eigenvalue weighted by Crippen LogP contribution is 2.25. The molecule has 0 radical (unpaired) electrons. The van der Waals surface area contributed by atoms with E-state index in [1.165, 1.54) is 19.3 Å². The van der Waals surface area contributed by atoms with Gasteiger partial charge in [-0.1, -0.05) is 12.8 Å². The molecule has 1 rings (SSSR count). The number of nitrogens with one attached hydrogen (secondary N) is 1. The Labute approximate surface area is 93.4 Å². The van der Waals surface area contributed by atoms with Crippen LogP contribution in [0.25, 0.3) is 0 Å². The van der Waals surface area contributed by atoms with E-state index >= 15 is 0 Å². The Balaban J connectivity index is 2.76. The zero-order chi connectivity index (χ0) is 11.3. The van der Waals surface area contributed by atoms with Crippen LogP contribution in [0.2, 0.25) is 0 Å². The summed E-state index contributed by atoms with van der Waals surface area (Å²) in [5, 5.41) is 2.77. The third-order valence-electron chi connectivity index (χ3n) is 3.76. The molecular formula is C12H24N2O. The largest absolute Gasteiger partial charge is 0.445 e. The highest BCUT2D eigenvalue weighted by molar-refractivity contribution is 5.79. The zero-order valence-corrected chi connectivity index (χ0v) is 10.3. The minimum absolute atomic E-state index is 0.0538. The van der Waals surface area contributed by atoms with Crippen molar-refractivity contribution >= 4 is 5.91 Å². The van der Waals surface area contributed by atoms with Gasteiger partial charge < -0.3 is 9.80 Å². The van der Waals surface area contributed by atoms with Gasteiger partial charge in [-0.05, 0) is 20.3 Å². The molecule has 1 aliphatic heterocycles. The molecular weight excluding hydrogens is 188 g/mol. The minimum Gasteiger partial charge on any atom is -0.445 e. The van der Waals surface area contributed by atoms with Crippen molar-refractivity contribution in [3.05, 3.63) is 6.54 Å². The number of likely N-dealkylation sites (tertiary alicyclic amines) is 1. The molecule has 1 amide bonds. The van der Waals surface area contributed by atoms with Gasteiger partial charge in [-0.3, -0.25) is 4.79 Å². The Bertz CT molecular complexity index is 208. The molecule has 0 bridgehead atoms. The summed E-state index contributed by atoms with van der Waals surface area (Å²) in [4.78, 5) is 11.7. The monoisotopic (exact) mass is 212 g/mol. The standard InChI is InChI=1S/C12H24N2O/c1-4-14(11(2)12(15)13-3)9-7-5-6-8-10-14/h9,11H,4-8,10H2,1-3H3,(H,13,15). The summed E-state index contributed by atoms with van der Waals surface area (Å²) in [6, 6.07) is 0.0538. The number of rotatable bonds is 3. The van der Waals surface area contributed by atoms with E-state index < -0.39 is 0 Å².